The maximum atomic E-state index is 12.7. The molecule has 0 bridgehead atoms. The van der Waals surface area contributed by atoms with Crippen LogP contribution < -0.4 is 0 Å². The Hall–Kier alpha value is -1.76. The first-order chi connectivity index (χ1) is 9.77. The third-order valence-electron chi connectivity index (χ3n) is 3.71. The minimum atomic E-state index is -0.321. The van der Waals surface area contributed by atoms with Crippen molar-refractivity contribution in [3.8, 4) is 0 Å². The number of carbonyl (C=O) groups excluding carboxylic acids is 1. The van der Waals surface area contributed by atoms with Gasteiger partial charge in [-0.25, -0.2) is 14.6 Å². The van der Waals surface area contributed by atoms with E-state index in [4.69, 9.17) is 0 Å². The monoisotopic (exact) mass is 291 g/mol. The lowest BCUT2D eigenvalue weighted by molar-refractivity contribution is -0.138. The average Bonchev–Trinajstić information content (AvgIpc) is 3.18. The van der Waals surface area contributed by atoms with Crippen molar-refractivity contribution < 1.29 is 4.79 Å². The third-order valence-corrected chi connectivity index (χ3v) is 4.59. The number of thiazole rings is 1. The van der Waals surface area contributed by atoms with Crippen LogP contribution in [0.3, 0.4) is 0 Å². The Morgan fingerprint density at radius 2 is 2.40 bits per heavy atom. The zero-order valence-corrected chi connectivity index (χ0v) is 12.2. The van der Waals surface area contributed by atoms with E-state index in [1.54, 1.807) is 28.5 Å². The first-order valence-corrected chi connectivity index (χ1v) is 7.69. The van der Waals surface area contributed by atoms with Crippen LogP contribution in [0.4, 0.5) is 0 Å². The number of hydrogen-bond acceptors (Lipinski definition) is 5. The molecule has 7 heteroatoms. The van der Waals surface area contributed by atoms with Gasteiger partial charge in [-0.05, 0) is 26.2 Å². The molecule has 2 aromatic rings. The normalized spacial score (nSPS) is 20.9. The van der Waals surface area contributed by atoms with Crippen molar-refractivity contribution in [3.05, 3.63) is 29.2 Å². The molecule has 2 atom stereocenters. The van der Waals surface area contributed by atoms with Gasteiger partial charge in [0.05, 0.1) is 6.04 Å². The van der Waals surface area contributed by atoms with Gasteiger partial charge < -0.3 is 4.90 Å². The van der Waals surface area contributed by atoms with E-state index in [0.717, 1.165) is 30.8 Å². The van der Waals surface area contributed by atoms with E-state index >= 15 is 0 Å². The molecule has 20 heavy (non-hydrogen) atoms. The molecular formula is C13H17N5OS. The molecule has 6 nitrogen and oxygen atoms in total. The number of amides is 1. The lowest BCUT2D eigenvalue weighted by Gasteiger charge is -2.36. The summed E-state index contributed by atoms with van der Waals surface area (Å²) < 4.78 is 1.61. The third kappa shape index (κ3) is 2.45. The fourth-order valence-corrected chi connectivity index (χ4v) is 3.41. The van der Waals surface area contributed by atoms with Gasteiger partial charge in [-0.1, -0.05) is 0 Å². The molecule has 3 rings (SSSR count). The van der Waals surface area contributed by atoms with Crippen molar-refractivity contribution in [1.29, 1.82) is 0 Å². The van der Waals surface area contributed by atoms with Crippen LogP contribution in [0.25, 0.3) is 0 Å². The second-order valence-electron chi connectivity index (χ2n) is 4.97. The van der Waals surface area contributed by atoms with Crippen LogP contribution in [-0.4, -0.2) is 37.1 Å². The first kappa shape index (κ1) is 13.2. The van der Waals surface area contributed by atoms with Crippen LogP contribution >= 0.6 is 11.3 Å². The van der Waals surface area contributed by atoms with E-state index in [2.05, 4.69) is 15.1 Å². The highest BCUT2D eigenvalue weighted by Gasteiger charge is 2.32. The molecule has 0 aliphatic carbocycles. The average molecular weight is 291 g/mol. The molecule has 1 aliphatic rings. The summed E-state index contributed by atoms with van der Waals surface area (Å²) in [5.74, 6) is 0.0930. The zero-order valence-electron chi connectivity index (χ0n) is 11.3. The Balaban J connectivity index is 1.81. The summed E-state index contributed by atoms with van der Waals surface area (Å²) in [6.07, 6.45) is 8.04. The molecule has 2 aromatic heterocycles. The summed E-state index contributed by atoms with van der Waals surface area (Å²) in [7, 11) is 0. The van der Waals surface area contributed by atoms with Crippen LogP contribution in [-0.2, 0) is 4.79 Å². The van der Waals surface area contributed by atoms with E-state index in [0.29, 0.717) is 0 Å². The van der Waals surface area contributed by atoms with E-state index in [-0.39, 0.29) is 18.0 Å². The second kappa shape index (κ2) is 5.70. The van der Waals surface area contributed by atoms with Crippen LogP contribution in [0.5, 0.6) is 0 Å². The highest BCUT2D eigenvalue weighted by molar-refractivity contribution is 7.09. The zero-order chi connectivity index (χ0) is 13.9. The minimum absolute atomic E-state index is 0.0930. The largest absolute Gasteiger partial charge is 0.331 e. The Kier molecular flexibility index (Phi) is 3.77. The summed E-state index contributed by atoms with van der Waals surface area (Å²) in [6, 6.07) is -0.208. The van der Waals surface area contributed by atoms with Crippen LogP contribution in [0, 0.1) is 0 Å². The van der Waals surface area contributed by atoms with Gasteiger partial charge in [0.1, 0.15) is 23.7 Å². The minimum Gasteiger partial charge on any atom is -0.331 e. The van der Waals surface area contributed by atoms with Gasteiger partial charge >= 0.3 is 0 Å². The van der Waals surface area contributed by atoms with Gasteiger partial charge in [0.15, 0.2) is 0 Å². The molecule has 106 valence electrons. The summed E-state index contributed by atoms with van der Waals surface area (Å²) >= 11 is 1.62. The molecule has 0 saturated carbocycles. The van der Waals surface area contributed by atoms with Crippen molar-refractivity contribution in [3.63, 3.8) is 0 Å². The van der Waals surface area contributed by atoms with E-state index in [1.165, 1.54) is 6.33 Å². The number of rotatable bonds is 3. The van der Waals surface area contributed by atoms with E-state index in [9.17, 15) is 4.79 Å². The molecule has 0 aromatic carbocycles. The molecule has 1 aliphatic heterocycles. The van der Waals surface area contributed by atoms with Crippen LogP contribution in [0.2, 0.25) is 0 Å². The standard InChI is InChI=1S/C13H17N5OS/c1-10(18-9-14-8-16-18)13(19)17-6-3-2-4-11(17)12-15-5-7-20-12/h5,7-11H,2-4,6H2,1H3/t10-,11+/m0/s1. The van der Waals surface area contributed by atoms with Gasteiger partial charge in [-0.3, -0.25) is 4.79 Å². The van der Waals surface area contributed by atoms with Gasteiger partial charge in [-0.15, -0.1) is 11.3 Å². The predicted octanol–water partition coefficient (Wildman–Crippen LogP) is 2.05. The Labute approximate surface area is 121 Å². The molecule has 1 amide bonds. The number of piperidine rings is 1. The van der Waals surface area contributed by atoms with Gasteiger partial charge in [0.2, 0.25) is 5.91 Å². The van der Waals surface area contributed by atoms with E-state index < -0.39 is 0 Å². The first-order valence-electron chi connectivity index (χ1n) is 6.81. The predicted molar refractivity (Wildman–Crippen MR) is 75.2 cm³/mol. The van der Waals surface area contributed by atoms with Crippen molar-refractivity contribution in [2.75, 3.05) is 6.54 Å². The molecule has 1 saturated heterocycles. The maximum absolute atomic E-state index is 12.7. The Morgan fingerprint density at radius 1 is 1.50 bits per heavy atom. The molecule has 1 fully saturated rings. The summed E-state index contributed by atoms with van der Waals surface area (Å²) in [5, 5.41) is 7.06. The molecule has 0 N–H and O–H groups in total. The second-order valence-corrected chi connectivity index (χ2v) is 5.89. The lowest BCUT2D eigenvalue weighted by atomic mass is 10.0. The SMILES string of the molecule is C[C@@H](C(=O)N1CCCC[C@@H]1c1nccs1)n1cncn1. The number of carbonyl (C=O) groups is 1. The summed E-state index contributed by atoms with van der Waals surface area (Å²) in [4.78, 5) is 23.0. The number of likely N-dealkylation sites (tertiary alicyclic amines) is 1. The summed E-state index contributed by atoms with van der Waals surface area (Å²) in [6.45, 7) is 2.66. The molecule has 0 unspecified atom stereocenters. The van der Waals surface area contributed by atoms with Crippen molar-refractivity contribution in [2.24, 2.45) is 0 Å². The van der Waals surface area contributed by atoms with Crippen molar-refractivity contribution in [2.45, 2.75) is 38.3 Å². The highest BCUT2D eigenvalue weighted by atomic mass is 32.1. The highest BCUT2D eigenvalue weighted by Crippen LogP contribution is 2.33. The maximum Gasteiger partial charge on any atom is 0.247 e. The quantitative estimate of drug-likeness (QED) is 0.868. The smallest absolute Gasteiger partial charge is 0.247 e. The van der Waals surface area contributed by atoms with Crippen LogP contribution in [0.15, 0.2) is 24.2 Å². The number of aromatic nitrogens is 4. The van der Waals surface area contributed by atoms with Crippen molar-refractivity contribution in [1.82, 2.24) is 24.6 Å². The Bertz CT molecular complexity index is 553. The topological polar surface area (TPSA) is 63.9 Å². The van der Waals surface area contributed by atoms with Crippen LogP contribution in [0.1, 0.15) is 43.3 Å². The number of nitrogens with zero attached hydrogens (tertiary/aromatic N) is 5. The van der Waals surface area contributed by atoms with Gasteiger partial charge in [0, 0.05) is 18.1 Å². The Morgan fingerprint density at radius 3 is 3.10 bits per heavy atom. The molecule has 3 heterocycles. The molecular weight excluding hydrogens is 274 g/mol. The van der Waals surface area contributed by atoms with Crippen molar-refractivity contribution >= 4 is 17.2 Å². The van der Waals surface area contributed by atoms with Gasteiger partial charge in [-0.2, -0.15) is 5.10 Å². The molecule has 0 spiro atoms. The fourth-order valence-electron chi connectivity index (χ4n) is 2.62. The van der Waals surface area contributed by atoms with Gasteiger partial charge in [0.25, 0.3) is 0 Å². The lowest BCUT2D eigenvalue weighted by Crippen LogP contribution is -2.42. The fraction of sp³-hybridized carbons (Fsp3) is 0.538. The summed E-state index contributed by atoms with van der Waals surface area (Å²) in [5.41, 5.74) is 0. The van der Waals surface area contributed by atoms with E-state index in [1.807, 2.05) is 17.2 Å². The molecule has 0 radical (unpaired) electrons. The number of hydrogen-bond donors (Lipinski definition) is 0.